The van der Waals surface area contributed by atoms with E-state index in [1.54, 1.807) is 0 Å². The van der Waals surface area contributed by atoms with Crippen LogP contribution in [-0.2, 0) is 0 Å². The molecule has 1 nitrogen and oxygen atoms in total. The molecule has 1 aromatic rings. The van der Waals surface area contributed by atoms with Gasteiger partial charge in [0.1, 0.15) is 0 Å². The molecule has 0 unspecified atom stereocenters. The lowest BCUT2D eigenvalue weighted by Crippen LogP contribution is -1.81. The molecule has 0 aromatic heterocycles. The predicted octanol–water partition coefficient (Wildman–Crippen LogP) is 3.75. The van der Waals surface area contributed by atoms with Crippen LogP contribution in [0.15, 0.2) is 34.3 Å². The van der Waals surface area contributed by atoms with E-state index >= 15 is 0 Å². The molecule has 0 N–H and O–H groups in total. The molecule has 0 amide bonds. The summed E-state index contributed by atoms with van der Waals surface area (Å²) in [5.41, 5.74) is 1.74. The molecule has 0 heterocycles. The maximum absolute atomic E-state index is 8.71. The summed E-state index contributed by atoms with van der Waals surface area (Å²) in [4.78, 5) is 0. The Bertz CT molecular complexity index is 363. The van der Waals surface area contributed by atoms with Crippen molar-refractivity contribution in [3.63, 3.8) is 0 Å². The first-order chi connectivity index (χ1) is 6.27. The van der Waals surface area contributed by atoms with Gasteiger partial charge in [-0.25, -0.2) is 0 Å². The number of alkyl halides is 1. The second-order valence-corrected chi connectivity index (χ2v) is 3.85. The lowest BCUT2D eigenvalue weighted by atomic mass is 10.1. The molecule has 3 heteroatoms. The molecule has 0 aliphatic rings. The number of allylic oxidation sites excluding steroid dienone is 1. The van der Waals surface area contributed by atoms with E-state index in [4.69, 9.17) is 5.26 Å². The van der Waals surface area contributed by atoms with Gasteiger partial charge in [0.05, 0.1) is 6.07 Å². The number of halogens is 2. The number of benzene rings is 1. The second kappa shape index (κ2) is 5.21. The van der Waals surface area contributed by atoms with Gasteiger partial charge in [0, 0.05) is 15.4 Å². The largest absolute Gasteiger partial charge is 0.193 e. The van der Waals surface area contributed by atoms with Gasteiger partial charge >= 0.3 is 0 Å². The van der Waals surface area contributed by atoms with E-state index in [0.29, 0.717) is 10.9 Å². The Morgan fingerprint density at radius 2 is 2.15 bits per heavy atom. The van der Waals surface area contributed by atoms with Crippen molar-refractivity contribution >= 4 is 37.9 Å². The smallest absolute Gasteiger partial charge is 0.0956 e. The molecule has 0 bridgehead atoms. The summed E-state index contributed by atoms with van der Waals surface area (Å²) in [6, 6.07) is 9.93. The first kappa shape index (κ1) is 10.5. The summed E-state index contributed by atoms with van der Waals surface area (Å²) in [5.74, 6) is 0. The van der Waals surface area contributed by atoms with Crippen LogP contribution in [0.1, 0.15) is 5.56 Å². The Morgan fingerprint density at radius 1 is 1.46 bits per heavy atom. The minimum absolute atomic E-state index is 0.588. The van der Waals surface area contributed by atoms with Crippen molar-refractivity contribution in [1.82, 2.24) is 0 Å². The van der Waals surface area contributed by atoms with Crippen LogP contribution in [0.25, 0.3) is 6.08 Å². The fraction of sp³-hybridized carbons (Fsp3) is 0.100. The molecule has 1 aromatic carbocycles. The van der Waals surface area contributed by atoms with E-state index in [-0.39, 0.29) is 0 Å². The lowest BCUT2D eigenvalue weighted by molar-refractivity contribution is 1.47. The number of rotatable bonds is 2. The van der Waals surface area contributed by atoms with Gasteiger partial charge in [-0.05, 0) is 17.7 Å². The third-order valence-corrected chi connectivity index (χ3v) is 2.85. The normalized spacial score (nSPS) is 11.0. The maximum Gasteiger partial charge on any atom is 0.0956 e. The van der Waals surface area contributed by atoms with Gasteiger partial charge < -0.3 is 0 Å². The summed E-state index contributed by atoms with van der Waals surface area (Å²) in [6.45, 7) is 0. The van der Waals surface area contributed by atoms with E-state index in [2.05, 4.69) is 37.9 Å². The predicted molar refractivity (Wildman–Crippen MR) is 61.5 cm³/mol. The SMILES string of the molecule is N#C/C(=C/c1ccccc1Br)CBr. The second-order valence-electron chi connectivity index (χ2n) is 2.44. The average molecular weight is 301 g/mol. The number of hydrogen-bond donors (Lipinski definition) is 0. The van der Waals surface area contributed by atoms with Crippen molar-refractivity contribution in [2.45, 2.75) is 0 Å². The first-order valence-electron chi connectivity index (χ1n) is 3.69. The third kappa shape index (κ3) is 2.98. The van der Waals surface area contributed by atoms with Crippen LogP contribution in [0.5, 0.6) is 0 Å². The topological polar surface area (TPSA) is 23.8 Å². The fourth-order valence-electron chi connectivity index (χ4n) is 0.881. The molecule has 66 valence electrons. The van der Waals surface area contributed by atoms with Crippen molar-refractivity contribution in [2.24, 2.45) is 0 Å². The van der Waals surface area contributed by atoms with Crippen molar-refractivity contribution < 1.29 is 0 Å². The Morgan fingerprint density at radius 3 is 2.69 bits per heavy atom. The van der Waals surface area contributed by atoms with Gasteiger partial charge in [-0.1, -0.05) is 50.1 Å². The Kier molecular flexibility index (Phi) is 4.20. The summed E-state index contributed by atoms with van der Waals surface area (Å²) < 4.78 is 1.00. The van der Waals surface area contributed by atoms with Crippen molar-refractivity contribution in [3.8, 4) is 6.07 Å². The van der Waals surface area contributed by atoms with Gasteiger partial charge in [-0.15, -0.1) is 0 Å². The van der Waals surface area contributed by atoms with E-state index < -0.39 is 0 Å². The zero-order valence-corrected chi connectivity index (χ0v) is 9.97. The van der Waals surface area contributed by atoms with Gasteiger partial charge in [-0.2, -0.15) is 5.26 Å². The highest BCUT2D eigenvalue weighted by molar-refractivity contribution is 9.10. The summed E-state index contributed by atoms with van der Waals surface area (Å²) in [6.07, 6.45) is 1.86. The summed E-state index contributed by atoms with van der Waals surface area (Å²) >= 11 is 6.67. The fourth-order valence-corrected chi connectivity index (χ4v) is 1.57. The Balaban J connectivity index is 3.04. The molecule has 0 aliphatic carbocycles. The molecule has 0 radical (unpaired) electrons. The maximum atomic E-state index is 8.71. The van der Waals surface area contributed by atoms with Gasteiger partial charge in [0.25, 0.3) is 0 Å². The molecule has 13 heavy (non-hydrogen) atoms. The molecule has 0 spiro atoms. The van der Waals surface area contributed by atoms with Gasteiger partial charge in [0.15, 0.2) is 0 Å². The number of hydrogen-bond acceptors (Lipinski definition) is 1. The van der Waals surface area contributed by atoms with Gasteiger partial charge in [-0.3, -0.25) is 0 Å². The van der Waals surface area contributed by atoms with Crippen LogP contribution < -0.4 is 0 Å². The van der Waals surface area contributed by atoms with E-state index in [1.807, 2.05) is 30.3 Å². The minimum atomic E-state index is 0.588. The molecule has 0 aliphatic heterocycles. The molecule has 0 atom stereocenters. The molecular weight excluding hydrogens is 294 g/mol. The highest BCUT2D eigenvalue weighted by Gasteiger charge is 1.97. The standard InChI is InChI=1S/C10H7Br2N/c11-6-8(7-13)5-9-3-1-2-4-10(9)12/h1-5H,6H2/b8-5+. The van der Waals surface area contributed by atoms with E-state index in [9.17, 15) is 0 Å². The van der Waals surface area contributed by atoms with Crippen LogP contribution in [0.4, 0.5) is 0 Å². The lowest BCUT2D eigenvalue weighted by Gasteiger charge is -1.97. The monoisotopic (exact) mass is 299 g/mol. The first-order valence-corrected chi connectivity index (χ1v) is 5.60. The number of nitriles is 1. The third-order valence-electron chi connectivity index (χ3n) is 1.52. The Hall–Kier alpha value is -0.590. The summed E-state index contributed by atoms with van der Waals surface area (Å²) in [5, 5.41) is 9.30. The quantitative estimate of drug-likeness (QED) is 0.603. The van der Waals surface area contributed by atoms with Crippen molar-refractivity contribution in [2.75, 3.05) is 5.33 Å². The van der Waals surface area contributed by atoms with Crippen LogP contribution >= 0.6 is 31.9 Å². The van der Waals surface area contributed by atoms with Crippen molar-refractivity contribution in [1.29, 1.82) is 5.26 Å². The van der Waals surface area contributed by atoms with Crippen LogP contribution in [0.2, 0.25) is 0 Å². The van der Waals surface area contributed by atoms with Crippen LogP contribution in [0, 0.1) is 11.3 Å². The van der Waals surface area contributed by atoms with Crippen LogP contribution in [-0.4, -0.2) is 5.33 Å². The minimum Gasteiger partial charge on any atom is -0.193 e. The van der Waals surface area contributed by atoms with Crippen molar-refractivity contribution in [3.05, 3.63) is 39.9 Å². The molecule has 0 saturated carbocycles. The highest BCUT2D eigenvalue weighted by atomic mass is 79.9. The van der Waals surface area contributed by atoms with E-state index in [0.717, 1.165) is 10.0 Å². The zero-order valence-electron chi connectivity index (χ0n) is 6.80. The van der Waals surface area contributed by atoms with E-state index in [1.165, 1.54) is 0 Å². The highest BCUT2D eigenvalue weighted by Crippen LogP contribution is 2.19. The van der Waals surface area contributed by atoms with Crippen LogP contribution in [0.3, 0.4) is 0 Å². The summed E-state index contributed by atoms with van der Waals surface area (Å²) in [7, 11) is 0. The zero-order chi connectivity index (χ0) is 9.68. The van der Waals surface area contributed by atoms with Gasteiger partial charge in [0.2, 0.25) is 0 Å². The molecule has 1 rings (SSSR count). The number of nitrogens with zero attached hydrogens (tertiary/aromatic N) is 1. The molecule has 0 fully saturated rings. The Labute approximate surface area is 94.3 Å². The average Bonchev–Trinajstić information content (AvgIpc) is 2.17. The molecular formula is C10H7Br2N. The molecule has 0 saturated heterocycles.